The average molecular weight is 197 g/mol. The number of hydrogen-bond acceptors (Lipinski definition) is 3. The fourth-order valence-electron chi connectivity index (χ4n) is 1.66. The van der Waals surface area contributed by atoms with Crippen molar-refractivity contribution in [3.05, 3.63) is 23.8 Å². The second-order valence-electron chi connectivity index (χ2n) is 3.27. The highest BCUT2D eigenvalue weighted by atomic mass is 32.2. The van der Waals surface area contributed by atoms with E-state index in [2.05, 4.69) is 0 Å². The third kappa shape index (κ3) is 1.42. The number of rotatable bonds is 0. The lowest BCUT2D eigenvalue weighted by Gasteiger charge is -2.18. The Kier molecular flexibility index (Phi) is 1.80. The Bertz CT molecular complexity index is 437. The molecule has 1 aromatic rings. The number of fused-ring (bicyclic) bond motifs is 1. The maximum atomic E-state index is 11.7. The molecular weight excluding hydrogens is 186 g/mol. The van der Waals surface area contributed by atoms with Gasteiger partial charge in [0.2, 0.25) is 0 Å². The lowest BCUT2D eigenvalue weighted by atomic mass is 10.1. The molecule has 0 saturated carbocycles. The first-order valence-corrected chi connectivity index (χ1v) is 5.91. The molecule has 1 aliphatic heterocycles. The van der Waals surface area contributed by atoms with E-state index in [0.29, 0.717) is 10.6 Å². The second kappa shape index (κ2) is 2.73. The van der Waals surface area contributed by atoms with Gasteiger partial charge in [0.05, 0.1) is 14.6 Å². The minimum absolute atomic E-state index is 0.191. The van der Waals surface area contributed by atoms with E-state index in [0.717, 1.165) is 18.4 Å². The van der Waals surface area contributed by atoms with Gasteiger partial charge < -0.3 is 5.11 Å². The normalized spacial score (nSPS) is 26.8. The fourth-order valence-corrected chi connectivity index (χ4v) is 3.30. The Morgan fingerprint density at radius 2 is 2.23 bits per heavy atom. The van der Waals surface area contributed by atoms with Crippen molar-refractivity contribution in [2.24, 2.45) is 0 Å². The molecule has 0 saturated heterocycles. The molecule has 1 atom stereocenters. The predicted molar refractivity (Wildman–Crippen MR) is 50.4 cm³/mol. The zero-order chi connectivity index (χ0) is 9.47. The molecule has 70 valence electrons. The minimum Gasteiger partial charge on any atom is -0.508 e. The summed E-state index contributed by atoms with van der Waals surface area (Å²) in [6.45, 7) is 0. The summed E-state index contributed by atoms with van der Waals surface area (Å²) in [6, 6.07) is 4.72. The highest BCUT2D eigenvalue weighted by molar-refractivity contribution is 7.92. The molecule has 0 aliphatic carbocycles. The number of phenols is 1. The largest absolute Gasteiger partial charge is 0.508 e. The van der Waals surface area contributed by atoms with E-state index in [1.807, 2.05) is 0 Å². The summed E-state index contributed by atoms with van der Waals surface area (Å²) in [6.07, 6.45) is 1.60. The van der Waals surface area contributed by atoms with Gasteiger partial charge in [0.25, 0.3) is 0 Å². The molecule has 1 unspecified atom stereocenters. The van der Waals surface area contributed by atoms with Gasteiger partial charge in [-0.2, -0.15) is 0 Å². The molecule has 1 aromatic carbocycles. The van der Waals surface area contributed by atoms with Crippen LogP contribution in [0, 0.1) is 4.78 Å². The SMILES string of the molecule is N=S1(=O)CCCc2cc(O)ccc21. The van der Waals surface area contributed by atoms with E-state index in [9.17, 15) is 9.32 Å². The molecule has 0 bridgehead atoms. The van der Waals surface area contributed by atoms with E-state index in [1.54, 1.807) is 12.1 Å². The van der Waals surface area contributed by atoms with Gasteiger partial charge in [-0.25, -0.2) is 8.99 Å². The van der Waals surface area contributed by atoms with Gasteiger partial charge in [0.1, 0.15) is 5.75 Å². The molecule has 0 fully saturated rings. The van der Waals surface area contributed by atoms with Crippen molar-refractivity contribution >= 4 is 9.73 Å². The molecular formula is C9H11NO2S. The molecule has 2 rings (SSSR count). The van der Waals surface area contributed by atoms with Crippen LogP contribution >= 0.6 is 0 Å². The van der Waals surface area contributed by atoms with Crippen LogP contribution in [0.2, 0.25) is 0 Å². The number of nitrogens with one attached hydrogen (secondary N) is 1. The zero-order valence-electron chi connectivity index (χ0n) is 7.12. The number of phenolic OH excluding ortho intramolecular Hbond substituents is 1. The first kappa shape index (κ1) is 8.56. The summed E-state index contributed by atoms with van der Waals surface area (Å²) in [5.41, 5.74) is 0.867. The number of aromatic hydroxyl groups is 1. The van der Waals surface area contributed by atoms with Crippen LogP contribution < -0.4 is 0 Å². The second-order valence-corrected chi connectivity index (χ2v) is 5.47. The van der Waals surface area contributed by atoms with E-state index in [-0.39, 0.29) is 5.75 Å². The van der Waals surface area contributed by atoms with Gasteiger partial charge in [-0.3, -0.25) is 0 Å². The molecule has 3 nitrogen and oxygen atoms in total. The summed E-state index contributed by atoms with van der Waals surface area (Å²) in [5.74, 6) is 0.640. The monoisotopic (exact) mass is 197 g/mol. The Morgan fingerprint density at radius 1 is 1.46 bits per heavy atom. The van der Waals surface area contributed by atoms with Crippen molar-refractivity contribution < 1.29 is 9.32 Å². The van der Waals surface area contributed by atoms with Crippen LogP contribution in [-0.4, -0.2) is 15.1 Å². The third-order valence-electron chi connectivity index (χ3n) is 2.28. The molecule has 0 radical (unpaired) electrons. The minimum atomic E-state index is -2.57. The van der Waals surface area contributed by atoms with Gasteiger partial charge in [0.15, 0.2) is 0 Å². The lowest BCUT2D eigenvalue weighted by molar-refractivity contribution is 0.473. The van der Waals surface area contributed by atoms with Crippen molar-refractivity contribution in [3.8, 4) is 5.75 Å². The Hall–Kier alpha value is -1.03. The highest BCUT2D eigenvalue weighted by Crippen LogP contribution is 2.28. The maximum Gasteiger partial charge on any atom is 0.115 e. The van der Waals surface area contributed by atoms with Crippen molar-refractivity contribution in [3.63, 3.8) is 0 Å². The first-order chi connectivity index (χ1) is 6.09. The topological polar surface area (TPSA) is 61.2 Å². The smallest absolute Gasteiger partial charge is 0.115 e. The summed E-state index contributed by atoms with van der Waals surface area (Å²) in [4.78, 5) is 0.608. The van der Waals surface area contributed by atoms with E-state index < -0.39 is 9.73 Å². The van der Waals surface area contributed by atoms with Crippen LogP contribution in [-0.2, 0) is 16.1 Å². The molecule has 4 heteroatoms. The third-order valence-corrected chi connectivity index (χ3v) is 4.25. The molecule has 0 amide bonds. The summed E-state index contributed by atoms with van der Waals surface area (Å²) in [7, 11) is -2.57. The number of hydrogen-bond donors (Lipinski definition) is 2. The van der Waals surface area contributed by atoms with Crippen LogP contribution in [0.3, 0.4) is 0 Å². The van der Waals surface area contributed by atoms with E-state index in [4.69, 9.17) is 4.78 Å². The molecule has 0 aromatic heterocycles. The standard InChI is InChI=1S/C9H11NO2S/c10-13(12)5-1-2-7-6-8(11)3-4-9(7)13/h3-4,6,10-11H,1-2,5H2. The van der Waals surface area contributed by atoms with E-state index in [1.165, 1.54) is 6.07 Å². The predicted octanol–water partition coefficient (Wildman–Crippen LogP) is 1.74. The Labute approximate surface area is 77.4 Å². The highest BCUT2D eigenvalue weighted by Gasteiger charge is 2.19. The first-order valence-electron chi connectivity index (χ1n) is 4.18. The average Bonchev–Trinajstić information content (AvgIpc) is 2.02. The quantitative estimate of drug-likeness (QED) is 0.665. The van der Waals surface area contributed by atoms with Crippen LogP contribution in [0.15, 0.2) is 23.1 Å². The van der Waals surface area contributed by atoms with Crippen LogP contribution in [0.5, 0.6) is 5.75 Å². The summed E-state index contributed by atoms with van der Waals surface area (Å²) in [5, 5.41) is 9.20. The Balaban J connectivity index is 2.66. The van der Waals surface area contributed by atoms with Crippen LogP contribution in [0.1, 0.15) is 12.0 Å². The fraction of sp³-hybridized carbons (Fsp3) is 0.333. The van der Waals surface area contributed by atoms with Crippen LogP contribution in [0.4, 0.5) is 0 Å². The van der Waals surface area contributed by atoms with Crippen molar-refractivity contribution in [2.75, 3.05) is 5.75 Å². The number of benzene rings is 1. The summed E-state index contributed by atoms with van der Waals surface area (Å²) < 4.78 is 19.3. The number of aryl methyl sites for hydroxylation is 1. The van der Waals surface area contributed by atoms with Gasteiger partial charge in [-0.05, 0) is 36.6 Å². The molecule has 2 N–H and O–H groups in total. The molecule has 1 heterocycles. The van der Waals surface area contributed by atoms with Crippen molar-refractivity contribution in [2.45, 2.75) is 17.7 Å². The Morgan fingerprint density at radius 3 is 3.00 bits per heavy atom. The lowest BCUT2D eigenvalue weighted by Crippen LogP contribution is -2.14. The van der Waals surface area contributed by atoms with Gasteiger partial charge in [-0.1, -0.05) is 0 Å². The van der Waals surface area contributed by atoms with Crippen LogP contribution in [0.25, 0.3) is 0 Å². The summed E-state index contributed by atoms with van der Waals surface area (Å²) >= 11 is 0. The zero-order valence-corrected chi connectivity index (χ0v) is 7.93. The van der Waals surface area contributed by atoms with E-state index >= 15 is 0 Å². The van der Waals surface area contributed by atoms with Gasteiger partial charge in [-0.15, -0.1) is 0 Å². The van der Waals surface area contributed by atoms with Crippen molar-refractivity contribution in [1.82, 2.24) is 0 Å². The molecule has 0 spiro atoms. The molecule has 13 heavy (non-hydrogen) atoms. The van der Waals surface area contributed by atoms with Crippen molar-refractivity contribution in [1.29, 1.82) is 4.78 Å². The molecule has 1 aliphatic rings. The van der Waals surface area contributed by atoms with Gasteiger partial charge >= 0.3 is 0 Å². The van der Waals surface area contributed by atoms with Gasteiger partial charge in [0, 0.05) is 5.75 Å². The maximum absolute atomic E-state index is 11.7.